The van der Waals surface area contributed by atoms with Gasteiger partial charge < -0.3 is 19.5 Å². The number of rotatable bonds is 8. The van der Waals surface area contributed by atoms with Gasteiger partial charge in [-0.15, -0.1) is 0 Å². The Morgan fingerprint density at radius 3 is 2.92 bits per heavy atom. The van der Waals surface area contributed by atoms with E-state index >= 15 is 0 Å². The second kappa shape index (κ2) is 8.66. The molecule has 3 rings (SSSR count). The van der Waals surface area contributed by atoms with E-state index in [-0.39, 0.29) is 18.6 Å². The van der Waals surface area contributed by atoms with Crippen LogP contribution in [0, 0.1) is 0 Å². The summed E-state index contributed by atoms with van der Waals surface area (Å²) in [5.74, 6) is 0.544. The van der Waals surface area contributed by atoms with E-state index in [0.717, 1.165) is 30.2 Å². The molecule has 5 nitrogen and oxygen atoms in total. The third-order valence-corrected chi connectivity index (χ3v) is 3.99. The maximum atomic E-state index is 11.8. The minimum absolute atomic E-state index is 0.00404. The van der Waals surface area contributed by atoms with E-state index in [9.17, 15) is 4.79 Å². The van der Waals surface area contributed by atoms with Crippen LogP contribution < -0.4 is 10.1 Å². The number of carbonyl (C=O) groups is 1. The molecule has 1 aliphatic heterocycles. The Kier molecular flexibility index (Phi) is 6.04. The van der Waals surface area contributed by atoms with Gasteiger partial charge in [-0.05, 0) is 35.7 Å². The molecule has 5 heteroatoms. The van der Waals surface area contributed by atoms with Crippen LogP contribution in [0.5, 0.6) is 5.75 Å². The first-order chi connectivity index (χ1) is 11.8. The molecule has 0 aromatic heterocycles. The number of hydrogen-bond acceptors (Lipinski definition) is 4. The zero-order valence-electron chi connectivity index (χ0n) is 13.7. The van der Waals surface area contributed by atoms with Crippen molar-refractivity contribution in [2.24, 2.45) is 0 Å². The molecule has 1 N–H and O–H groups in total. The van der Waals surface area contributed by atoms with Crippen molar-refractivity contribution in [1.29, 1.82) is 0 Å². The summed E-state index contributed by atoms with van der Waals surface area (Å²) in [6, 6.07) is 13.8. The first-order valence-electron chi connectivity index (χ1n) is 8.39. The molecule has 0 bridgehead atoms. The standard InChI is InChI=1S/C19H23NO4/c21-19(20-9-11-22-13-18-6-3-10-23-18)14-24-17-8-7-15-4-1-2-5-16(15)12-17/h1-2,4-5,7-8,12,18H,3,6,9-11,13-14H2,(H,20,21). The largest absolute Gasteiger partial charge is 0.484 e. The summed E-state index contributed by atoms with van der Waals surface area (Å²) in [6.45, 7) is 2.40. The molecule has 0 radical (unpaired) electrons. The lowest BCUT2D eigenvalue weighted by Crippen LogP contribution is -2.32. The maximum absolute atomic E-state index is 11.8. The lowest BCUT2D eigenvalue weighted by atomic mass is 10.1. The van der Waals surface area contributed by atoms with E-state index < -0.39 is 0 Å². The zero-order chi connectivity index (χ0) is 16.6. The quantitative estimate of drug-likeness (QED) is 0.756. The first-order valence-corrected chi connectivity index (χ1v) is 8.39. The molecular weight excluding hydrogens is 306 g/mol. The Hall–Kier alpha value is -2.11. The smallest absolute Gasteiger partial charge is 0.258 e. The SMILES string of the molecule is O=C(COc1ccc2ccccc2c1)NCCOCC1CCCO1. The van der Waals surface area contributed by atoms with E-state index in [1.807, 2.05) is 42.5 Å². The van der Waals surface area contributed by atoms with Crippen LogP contribution in [-0.4, -0.2) is 45.0 Å². The zero-order valence-corrected chi connectivity index (χ0v) is 13.7. The fraction of sp³-hybridized carbons (Fsp3) is 0.421. The van der Waals surface area contributed by atoms with Crippen LogP contribution in [0.4, 0.5) is 0 Å². The van der Waals surface area contributed by atoms with Crippen LogP contribution in [0.15, 0.2) is 42.5 Å². The number of fused-ring (bicyclic) bond motifs is 1. The van der Waals surface area contributed by atoms with Crippen molar-refractivity contribution in [3.63, 3.8) is 0 Å². The molecule has 2 aromatic rings. The molecule has 0 spiro atoms. The summed E-state index contributed by atoms with van der Waals surface area (Å²) < 4.78 is 16.5. The minimum atomic E-state index is -0.149. The Morgan fingerprint density at radius 2 is 2.08 bits per heavy atom. The molecule has 1 amide bonds. The van der Waals surface area contributed by atoms with Crippen LogP contribution >= 0.6 is 0 Å². The third kappa shape index (κ3) is 4.94. The molecular formula is C19H23NO4. The predicted molar refractivity (Wildman–Crippen MR) is 92.2 cm³/mol. The lowest BCUT2D eigenvalue weighted by Gasteiger charge is -2.11. The summed E-state index contributed by atoms with van der Waals surface area (Å²) >= 11 is 0. The second-order valence-electron chi connectivity index (χ2n) is 5.86. The highest BCUT2D eigenvalue weighted by Gasteiger charge is 2.15. The molecule has 1 aliphatic rings. The fourth-order valence-corrected chi connectivity index (χ4v) is 2.71. The monoisotopic (exact) mass is 329 g/mol. The molecule has 0 saturated carbocycles. The van der Waals surface area contributed by atoms with Crippen molar-refractivity contribution in [3.8, 4) is 5.75 Å². The molecule has 1 heterocycles. The first kappa shape index (κ1) is 16.7. The molecule has 1 atom stereocenters. The van der Waals surface area contributed by atoms with E-state index in [2.05, 4.69) is 5.32 Å². The number of nitrogens with one attached hydrogen (secondary N) is 1. The minimum Gasteiger partial charge on any atom is -0.484 e. The Balaban J connectivity index is 1.32. The van der Waals surface area contributed by atoms with Gasteiger partial charge >= 0.3 is 0 Å². The number of hydrogen-bond donors (Lipinski definition) is 1. The van der Waals surface area contributed by atoms with Gasteiger partial charge in [-0.25, -0.2) is 0 Å². The summed E-state index contributed by atoms with van der Waals surface area (Å²) in [5.41, 5.74) is 0. The van der Waals surface area contributed by atoms with Crippen molar-refractivity contribution in [1.82, 2.24) is 5.32 Å². The Bertz CT molecular complexity index is 667. The van der Waals surface area contributed by atoms with Gasteiger partial charge in [-0.1, -0.05) is 30.3 Å². The van der Waals surface area contributed by atoms with E-state index in [1.165, 1.54) is 0 Å². The van der Waals surface area contributed by atoms with Gasteiger partial charge in [0.2, 0.25) is 0 Å². The average Bonchev–Trinajstić information content (AvgIpc) is 3.13. The highest BCUT2D eigenvalue weighted by molar-refractivity contribution is 5.84. The van der Waals surface area contributed by atoms with Gasteiger partial charge in [0.15, 0.2) is 6.61 Å². The van der Waals surface area contributed by atoms with E-state index in [4.69, 9.17) is 14.2 Å². The summed E-state index contributed by atoms with van der Waals surface area (Å²) in [6.07, 6.45) is 2.39. The number of benzene rings is 2. The van der Waals surface area contributed by atoms with Crippen LogP contribution in [0.3, 0.4) is 0 Å². The normalized spacial score (nSPS) is 17.1. The van der Waals surface area contributed by atoms with Crippen molar-refractivity contribution in [3.05, 3.63) is 42.5 Å². The summed E-state index contributed by atoms with van der Waals surface area (Å²) in [5, 5.41) is 5.03. The molecule has 1 unspecified atom stereocenters. The average molecular weight is 329 g/mol. The van der Waals surface area contributed by atoms with E-state index in [0.29, 0.717) is 25.5 Å². The molecule has 0 aliphatic carbocycles. The predicted octanol–water partition coefficient (Wildman–Crippen LogP) is 2.53. The third-order valence-electron chi connectivity index (χ3n) is 3.99. The molecule has 2 aromatic carbocycles. The lowest BCUT2D eigenvalue weighted by molar-refractivity contribution is -0.123. The number of carbonyl (C=O) groups excluding carboxylic acids is 1. The molecule has 1 saturated heterocycles. The van der Waals surface area contributed by atoms with Crippen LogP contribution in [0.25, 0.3) is 10.8 Å². The van der Waals surface area contributed by atoms with Gasteiger partial charge in [-0.3, -0.25) is 4.79 Å². The highest BCUT2D eigenvalue weighted by Crippen LogP contribution is 2.20. The molecule has 1 fully saturated rings. The molecule has 24 heavy (non-hydrogen) atoms. The van der Waals surface area contributed by atoms with Gasteiger partial charge in [-0.2, -0.15) is 0 Å². The second-order valence-corrected chi connectivity index (χ2v) is 5.86. The van der Waals surface area contributed by atoms with Crippen LogP contribution in [0.1, 0.15) is 12.8 Å². The highest BCUT2D eigenvalue weighted by atomic mass is 16.5. The van der Waals surface area contributed by atoms with Crippen LogP contribution in [-0.2, 0) is 14.3 Å². The number of amides is 1. The van der Waals surface area contributed by atoms with E-state index in [1.54, 1.807) is 0 Å². The fourth-order valence-electron chi connectivity index (χ4n) is 2.71. The van der Waals surface area contributed by atoms with Crippen LogP contribution in [0.2, 0.25) is 0 Å². The Labute approximate surface area is 141 Å². The van der Waals surface area contributed by atoms with Gasteiger partial charge in [0.1, 0.15) is 5.75 Å². The topological polar surface area (TPSA) is 56.8 Å². The molecule has 128 valence electrons. The van der Waals surface area contributed by atoms with Crippen molar-refractivity contribution in [2.75, 3.05) is 33.0 Å². The summed E-state index contributed by atoms with van der Waals surface area (Å²) in [7, 11) is 0. The van der Waals surface area contributed by atoms with Gasteiger partial charge in [0.25, 0.3) is 5.91 Å². The maximum Gasteiger partial charge on any atom is 0.258 e. The summed E-state index contributed by atoms with van der Waals surface area (Å²) in [4.78, 5) is 11.8. The van der Waals surface area contributed by atoms with Gasteiger partial charge in [0, 0.05) is 13.2 Å². The van der Waals surface area contributed by atoms with Gasteiger partial charge in [0.05, 0.1) is 19.3 Å². The van der Waals surface area contributed by atoms with Crippen molar-refractivity contribution in [2.45, 2.75) is 18.9 Å². The van der Waals surface area contributed by atoms with Crippen molar-refractivity contribution < 1.29 is 19.0 Å². The van der Waals surface area contributed by atoms with Crippen molar-refractivity contribution >= 4 is 16.7 Å². The number of ether oxygens (including phenoxy) is 3. The Morgan fingerprint density at radius 1 is 1.21 bits per heavy atom.